The zero-order chi connectivity index (χ0) is 29.8. The van der Waals surface area contributed by atoms with E-state index in [0.717, 1.165) is 16.7 Å². The Balaban J connectivity index is 2.02. The maximum atomic E-state index is 12.1. The SMILES string of the molecule is C=CS(=O)(=O)CCN(C)c1nc(NCCCOC)c(C#N)c(C)c1N=Nc1sc(N=Nc2ccccc2)cc1C#N. The molecule has 41 heavy (non-hydrogen) atoms. The molecule has 2 aromatic heterocycles. The Hall–Kier alpha value is -4.50. The lowest BCUT2D eigenvalue weighted by Crippen LogP contribution is -2.26. The molecule has 2 heterocycles. The molecule has 1 N–H and O–H groups in total. The zero-order valence-electron chi connectivity index (χ0n) is 22.9. The second-order valence-corrected chi connectivity index (χ2v) is 11.7. The fourth-order valence-electron chi connectivity index (χ4n) is 3.48. The summed E-state index contributed by atoms with van der Waals surface area (Å²) >= 11 is 1.13. The number of hydrogen-bond donors (Lipinski definition) is 1. The van der Waals surface area contributed by atoms with Crippen LogP contribution >= 0.6 is 11.3 Å². The molecule has 0 unspecified atom stereocenters. The lowest BCUT2D eigenvalue weighted by molar-refractivity contribution is 0.198. The summed E-state index contributed by atoms with van der Waals surface area (Å²) in [7, 11) is -0.192. The van der Waals surface area contributed by atoms with Gasteiger partial charge in [0.15, 0.2) is 20.7 Å². The van der Waals surface area contributed by atoms with Crippen LogP contribution in [0.3, 0.4) is 0 Å². The first-order valence-corrected chi connectivity index (χ1v) is 14.9. The molecule has 0 atom stereocenters. The molecule has 0 radical (unpaired) electrons. The van der Waals surface area contributed by atoms with Crippen molar-refractivity contribution in [1.29, 1.82) is 10.5 Å². The predicted octanol–water partition coefficient (Wildman–Crippen LogP) is 6.47. The number of nitrogens with zero attached hydrogens (tertiary/aromatic N) is 8. The Morgan fingerprint density at radius 3 is 2.59 bits per heavy atom. The number of hydrogen-bond acceptors (Lipinski definition) is 13. The number of nitrogens with one attached hydrogen (secondary N) is 1. The summed E-state index contributed by atoms with van der Waals surface area (Å²) in [6, 6.07) is 15.0. The first kappa shape index (κ1) is 31.0. The van der Waals surface area contributed by atoms with Crippen molar-refractivity contribution in [3.8, 4) is 12.1 Å². The molecule has 0 saturated heterocycles. The van der Waals surface area contributed by atoms with Crippen molar-refractivity contribution in [2.75, 3.05) is 49.8 Å². The van der Waals surface area contributed by atoms with E-state index in [-0.39, 0.29) is 29.1 Å². The van der Waals surface area contributed by atoms with Crippen LogP contribution in [0.25, 0.3) is 0 Å². The van der Waals surface area contributed by atoms with Crippen LogP contribution in [-0.4, -0.2) is 53.0 Å². The van der Waals surface area contributed by atoms with Gasteiger partial charge < -0.3 is 15.0 Å². The van der Waals surface area contributed by atoms with Crippen molar-refractivity contribution >= 4 is 54.2 Å². The Labute approximate surface area is 243 Å². The van der Waals surface area contributed by atoms with Crippen molar-refractivity contribution in [2.24, 2.45) is 20.5 Å². The molecule has 3 aromatic rings. The second-order valence-electron chi connectivity index (χ2n) is 8.62. The first-order valence-electron chi connectivity index (χ1n) is 12.4. The number of thiophene rings is 1. The number of azo groups is 2. The van der Waals surface area contributed by atoms with Gasteiger partial charge in [0.05, 0.1) is 22.6 Å². The molecular formula is C27H29N9O3S2. The molecule has 0 spiro atoms. The molecule has 0 fully saturated rings. The monoisotopic (exact) mass is 591 g/mol. The number of methoxy groups -OCH3 is 1. The second kappa shape index (κ2) is 14.8. The molecule has 0 bridgehead atoms. The third-order valence-electron chi connectivity index (χ3n) is 5.73. The molecular weight excluding hydrogens is 562 g/mol. The van der Waals surface area contributed by atoms with Crippen LogP contribution in [0.1, 0.15) is 23.1 Å². The Morgan fingerprint density at radius 2 is 1.93 bits per heavy atom. The van der Waals surface area contributed by atoms with Crippen LogP contribution in [0.4, 0.5) is 33.0 Å². The summed E-state index contributed by atoms with van der Waals surface area (Å²) in [5.41, 5.74) is 1.96. The van der Waals surface area contributed by atoms with Gasteiger partial charge in [0, 0.05) is 44.8 Å². The maximum absolute atomic E-state index is 12.1. The van der Waals surface area contributed by atoms with Gasteiger partial charge in [-0.25, -0.2) is 13.4 Å². The maximum Gasteiger partial charge on any atom is 0.172 e. The molecule has 12 nitrogen and oxygen atoms in total. The minimum Gasteiger partial charge on any atom is -0.385 e. The van der Waals surface area contributed by atoms with Crippen LogP contribution in [0.15, 0.2) is 68.8 Å². The number of pyridine rings is 1. The number of nitriles is 2. The Morgan fingerprint density at radius 1 is 1.17 bits per heavy atom. The van der Waals surface area contributed by atoms with Crippen molar-refractivity contribution in [3.63, 3.8) is 0 Å². The average molecular weight is 592 g/mol. The lowest BCUT2D eigenvalue weighted by Gasteiger charge is -2.22. The molecule has 0 amide bonds. The van der Waals surface area contributed by atoms with Crippen LogP contribution in [0, 0.1) is 29.6 Å². The minimum absolute atomic E-state index is 0.0881. The lowest BCUT2D eigenvalue weighted by atomic mass is 10.1. The van der Waals surface area contributed by atoms with Gasteiger partial charge in [-0.15, -0.1) is 20.5 Å². The highest BCUT2D eigenvalue weighted by Crippen LogP contribution is 2.40. The van der Waals surface area contributed by atoms with E-state index >= 15 is 0 Å². The van der Waals surface area contributed by atoms with Gasteiger partial charge in [0.2, 0.25) is 0 Å². The normalized spacial score (nSPS) is 11.4. The fourth-order valence-corrected chi connectivity index (χ4v) is 4.92. The topological polar surface area (TPSA) is 169 Å². The van der Waals surface area contributed by atoms with E-state index < -0.39 is 9.84 Å². The van der Waals surface area contributed by atoms with E-state index in [4.69, 9.17) is 4.74 Å². The van der Waals surface area contributed by atoms with Crippen molar-refractivity contribution in [3.05, 3.63) is 65.1 Å². The van der Waals surface area contributed by atoms with Gasteiger partial charge in [0.1, 0.15) is 28.6 Å². The van der Waals surface area contributed by atoms with Crippen LogP contribution in [0.2, 0.25) is 0 Å². The molecule has 0 saturated carbocycles. The first-order chi connectivity index (χ1) is 19.7. The smallest absolute Gasteiger partial charge is 0.172 e. The minimum atomic E-state index is -3.47. The standard InChI is InChI=1S/C27H29N9O3S2/c1-5-41(37,38)15-13-36(3)26-24(19(2)22(18-29)25(31-26)30-12-9-14-39-4)34-35-27-20(17-28)16-23(40-27)33-32-21-10-7-6-8-11-21/h5-8,10-11,16H,1,9,12-15H2,2-4H3,(H,30,31). The number of sulfone groups is 1. The molecule has 0 aliphatic carbocycles. The third-order valence-corrected chi connectivity index (χ3v) is 7.90. The van der Waals surface area contributed by atoms with Gasteiger partial charge in [0.25, 0.3) is 0 Å². The highest BCUT2D eigenvalue weighted by Gasteiger charge is 2.21. The summed E-state index contributed by atoms with van der Waals surface area (Å²) in [4.78, 5) is 6.26. The van der Waals surface area contributed by atoms with Gasteiger partial charge in [-0.1, -0.05) is 36.1 Å². The highest BCUT2D eigenvalue weighted by atomic mass is 32.2. The van der Waals surface area contributed by atoms with Gasteiger partial charge >= 0.3 is 0 Å². The van der Waals surface area contributed by atoms with Crippen molar-refractivity contribution in [1.82, 2.24) is 4.98 Å². The summed E-state index contributed by atoms with van der Waals surface area (Å²) in [5.74, 6) is 0.462. The van der Waals surface area contributed by atoms with E-state index in [2.05, 4.69) is 49.5 Å². The van der Waals surface area contributed by atoms with Crippen LogP contribution in [-0.2, 0) is 14.6 Å². The Bertz CT molecular complexity index is 1620. The molecule has 1 aromatic carbocycles. The van der Waals surface area contributed by atoms with E-state index in [0.29, 0.717) is 52.5 Å². The number of rotatable bonds is 14. The number of benzene rings is 1. The van der Waals surface area contributed by atoms with Gasteiger partial charge in [-0.3, -0.25) is 0 Å². The van der Waals surface area contributed by atoms with Crippen molar-refractivity contribution in [2.45, 2.75) is 13.3 Å². The molecule has 0 aliphatic rings. The van der Waals surface area contributed by atoms with E-state index in [1.54, 1.807) is 44.2 Å². The number of anilines is 2. The van der Waals surface area contributed by atoms with Gasteiger partial charge in [-0.2, -0.15) is 10.5 Å². The molecule has 3 rings (SSSR count). The molecule has 14 heteroatoms. The van der Waals surface area contributed by atoms with Crippen LogP contribution in [0.5, 0.6) is 0 Å². The fraction of sp³-hybridized carbons (Fsp3) is 0.296. The summed E-state index contributed by atoms with van der Waals surface area (Å²) in [5, 5.41) is 41.5. The predicted molar refractivity (Wildman–Crippen MR) is 160 cm³/mol. The van der Waals surface area contributed by atoms with E-state index in [9.17, 15) is 18.9 Å². The third kappa shape index (κ3) is 8.49. The van der Waals surface area contributed by atoms with Gasteiger partial charge in [-0.05, 0) is 31.5 Å². The summed E-state index contributed by atoms with van der Waals surface area (Å²) in [6.45, 7) is 6.20. The zero-order valence-corrected chi connectivity index (χ0v) is 24.5. The Kier molecular flexibility index (Phi) is 11.2. The quantitative estimate of drug-likeness (QED) is 0.164. The van der Waals surface area contributed by atoms with Crippen molar-refractivity contribution < 1.29 is 13.2 Å². The highest BCUT2D eigenvalue weighted by molar-refractivity contribution is 7.94. The van der Waals surface area contributed by atoms with E-state index in [1.807, 2.05) is 18.2 Å². The molecule has 0 aliphatic heterocycles. The molecule has 212 valence electrons. The summed E-state index contributed by atoms with van der Waals surface area (Å²) in [6.07, 6.45) is 0.686. The largest absolute Gasteiger partial charge is 0.385 e. The van der Waals surface area contributed by atoms with E-state index in [1.165, 1.54) is 0 Å². The van der Waals surface area contributed by atoms with Crippen LogP contribution < -0.4 is 10.2 Å². The number of ether oxygens (including phenoxy) is 1. The average Bonchev–Trinajstić information content (AvgIpc) is 3.39. The number of aromatic nitrogens is 1. The summed E-state index contributed by atoms with van der Waals surface area (Å²) < 4.78 is 29.2.